The number of imide groups is 1. The van der Waals surface area contributed by atoms with Gasteiger partial charge in [-0.2, -0.15) is 0 Å². The summed E-state index contributed by atoms with van der Waals surface area (Å²) in [6.07, 6.45) is 1.64. The highest BCUT2D eigenvalue weighted by atomic mass is 16.5. The molecule has 1 aromatic heterocycles. The zero-order valence-electron chi connectivity index (χ0n) is 14.8. The molecule has 0 radical (unpaired) electrons. The lowest BCUT2D eigenvalue weighted by molar-refractivity contribution is -0.115. The SMILES string of the molecule is CCOC(=O)c1ccc(-n2c(C)cc(C=C3NC(=O)NC3=O)c2C)cc1. The second-order valence-electron chi connectivity index (χ2n) is 5.90. The van der Waals surface area contributed by atoms with Gasteiger partial charge in [-0.05, 0) is 62.7 Å². The molecule has 3 rings (SSSR count). The van der Waals surface area contributed by atoms with Gasteiger partial charge in [-0.15, -0.1) is 0 Å². The number of urea groups is 1. The van der Waals surface area contributed by atoms with Crippen LogP contribution in [0.4, 0.5) is 4.79 Å². The molecule has 2 heterocycles. The molecule has 0 spiro atoms. The Morgan fingerprint density at radius 2 is 1.85 bits per heavy atom. The Balaban J connectivity index is 1.93. The van der Waals surface area contributed by atoms with Crippen molar-refractivity contribution in [2.24, 2.45) is 0 Å². The molecule has 7 nitrogen and oxygen atoms in total. The van der Waals surface area contributed by atoms with Crippen molar-refractivity contribution in [1.29, 1.82) is 0 Å². The number of amides is 3. The van der Waals surface area contributed by atoms with E-state index in [2.05, 4.69) is 10.6 Å². The van der Waals surface area contributed by atoms with E-state index in [0.717, 1.165) is 22.6 Å². The molecule has 1 aromatic carbocycles. The van der Waals surface area contributed by atoms with Crippen LogP contribution in [0.3, 0.4) is 0 Å². The summed E-state index contributed by atoms with van der Waals surface area (Å²) in [6.45, 7) is 5.97. The highest BCUT2D eigenvalue weighted by Gasteiger charge is 2.23. The lowest BCUT2D eigenvalue weighted by atomic mass is 10.2. The summed E-state index contributed by atoms with van der Waals surface area (Å²) in [4.78, 5) is 34.7. The monoisotopic (exact) mass is 353 g/mol. The van der Waals surface area contributed by atoms with Crippen molar-refractivity contribution in [3.8, 4) is 5.69 Å². The van der Waals surface area contributed by atoms with Gasteiger partial charge in [0, 0.05) is 17.1 Å². The zero-order chi connectivity index (χ0) is 18.8. The number of aryl methyl sites for hydroxylation is 1. The molecule has 0 atom stereocenters. The normalized spacial score (nSPS) is 15.1. The van der Waals surface area contributed by atoms with Gasteiger partial charge in [0.2, 0.25) is 0 Å². The van der Waals surface area contributed by atoms with E-state index in [1.807, 2.05) is 36.6 Å². The lowest BCUT2D eigenvalue weighted by Gasteiger charge is -2.10. The van der Waals surface area contributed by atoms with Crippen molar-refractivity contribution in [3.63, 3.8) is 0 Å². The Kier molecular flexibility index (Phi) is 4.62. The third kappa shape index (κ3) is 3.23. The number of esters is 1. The smallest absolute Gasteiger partial charge is 0.338 e. The van der Waals surface area contributed by atoms with E-state index in [1.165, 1.54) is 0 Å². The molecule has 1 saturated heterocycles. The van der Waals surface area contributed by atoms with Crippen molar-refractivity contribution in [2.45, 2.75) is 20.8 Å². The first kappa shape index (κ1) is 17.5. The predicted octanol–water partition coefficient (Wildman–Crippen LogP) is 2.45. The van der Waals surface area contributed by atoms with E-state index in [0.29, 0.717) is 12.2 Å². The number of hydrogen-bond donors (Lipinski definition) is 2. The van der Waals surface area contributed by atoms with Gasteiger partial charge < -0.3 is 14.6 Å². The number of carbonyl (C=O) groups is 3. The van der Waals surface area contributed by atoms with Crippen molar-refractivity contribution < 1.29 is 19.1 Å². The molecule has 0 aliphatic carbocycles. The van der Waals surface area contributed by atoms with E-state index in [1.54, 1.807) is 25.1 Å². The molecule has 1 fully saturated rings. The lowest BCUT2D eigenvalue weighted by Crippen LogP contribution is -2.22. The summed E-state index contributed by atoms with van der Waals surface area (Å²) in [5.41, 5.74) is 4.29. The summed E-state index contributed by atoms with van der Waals surface area (Å²) in [6, 6.07) is 8.52. The number of carbonyl (C=O) groups excluding carboxylic acids is 3. The van der Waals surface area contributed by atoms with Crippen LogP contribution in [0.5, 0.6) is 0 Å². The molecule has 2 aromatic rings. The highest BCUT2D eigenvalue weighted by molar-refractivity contribution is 6.14. The fourth-order valence-corrected chi connectivity index (χ4v) is 2.93. The first-order valence-corrected chi connectivity index (χ1v) is 8.21. The Bertz CT molecular complexity index is 923. The van der Waals surface area contributed by atoms with E-state index in [4.69, 9.17) is 4.74 Å². The van der Waals surface area contributed by atoms with Crippen LogP contribution in [-0.4, -0.2) is 29.1 Å². The molecule has 26 heavy (non-hydrogen) atoms. The number of nitrogens with one attached hydrogen (secondary N) is 2. The molecule has 3 amide bonds. The largest absolute Gasteiger partial charge is 0.462 e. The van der Waals surface area contributed by atoms with Crippen molar-refractivity contribution in [3.05, 3.63) is 58.5 Å². The van der Waals surface area contributed by atoms with Gasteiger partial charge in [0.1, 0.15) is 5.70 Å². The van der Waals surface area contributed by atoms with Gasteiger partial charge in [0.15, 0.2) is 0 Å². The second-order valence-corrected chi connectivity index (χ2v) is 5.90. The standard InChI is InChI=1S/C19H19N3O4/c1-4-26-18(24)13-5-7-15(8-6-13)22-11(2)9-14(12(22)3)10-16-17(23)21-19(25)20-16/h5-10H,4H2,1-3H3,(H2,20,21,23,25). The number of aromatic nitrogens is 1. The second kappa shape index (κ2) is 6.87. The van der Waals surface area contributed by atoms with Crippen LogP contribution in [-0.2, 0) is 9.53 Å². The number of nitrogens with zero attached hydrogens (tertiary/aromatic N) is 1. The molecule has 0 bridgehead atoms. The Hall–Kier alpha value is -3.35. The maximum Gasteiger partial charge on any atom is 0.338 e. The van der Waals surface area contributed by atoms with E-state index >= 15 is 0 Å². The Morgan fingerprint density at radius 1 is 1.15 bits per heavy atom. The Labute approximate surface area is 150 Å². The van der Waals surface area contributed by atoms with E-state index in [-0.39, 0.29) is 11.7 Å². The molecule has 2 N–H and O–H groups in total. The predicted molar refractivity (Wildman–Crippen MR) is 95.9 cm³/mol. The average Bonchev–Trinajstić information content (AvgIpc) is 3.06. The molecule has 0 saturated carbocycles. The number of hydrogen-bond acceptors (Lipinski definition) is 4. The summed E-state index contributed by atoms with van der Waals surface area (Å²) in [5.74, 6) is -0.799. The topological polar surface area (TPSA) is 89.4 Å². The quantitative estimate of drug-likeness (QED) is 0.502. The van der Waals surface area contributed by atoms with Crippen LogP contribution in [0.1, 0.15) is 34.2 Å². The average molecular weight is 353 g/mol. The van der Waals surface area contributed by atoms with E-state index < -0.39 is 11.9 Å². The van der Waals surface area contributed by atoms with Gasteiger partial charge in [-0.25, -0.2) is 9.59 Å². The van der Waals surface area contributed by atoms with E-state index in [9.17, 15) is 14.4 Å². The number of benzene rings is 1. The molecule has 1 aliphatic rings. The van der Waals surface area contributed by atoms with Gasteiger partial charge >= 0.3 is 12.0 Å². The maximum absolute atomic E-state index is 11.8. The van der Waals surface area contributed by atoms with Gasteiger partial charge in [-0.1, -0.05) is 0 Å². The number of ether oxygens (including phenoxy) is 1. The van der Waals surface area contributed by atoms with Crippen molar-refractivity contribution in [1.82, 2.24) is 15.2 Å². The third-order valence-electron chi connectivity index (χ3n) is 4.13. The minimum absolute atomic E-state index is 0.216. The zero-order valence-corrected chi connectivity index (χ0v) is 14.8. The highest BCUT2D eigenvalue weighted by Crippen LogP contribution is 2.23. The first-order valence-electron chi connectivity index (χ1n) is 8.21. The summed E-state index contributed by atoms with van der Waals surface area (Å²) in [5, 5.41) is 4.66. The van der Waals surface area contributed by atoms with Gasteiger partial charge in [0.25, 0.3) is 5.91 Å². The van der Waals surface area contributed by atoms with Crippen LogP contribution in [0, 0.1) is 13.8 Å². The minimum Gasteiger partial charge on any atom is -0.462 e. The molecular weight excluding hydrogens is 334 g/mol. The molecule has 7 heteroatoms. The Morgan fingerprint density at radius 3 is 2.42 bits per heavy atom. The summed E-state index contributed by atoms with van der Waals surface area (Å²) in [7, 11) is 0. The van der Waals surface area contributed by atoms with Crippen LogP contribution >= 0.6 is 0 Å². The molecular formula is C19H19N3O4. The summed E-state index contributed by atoms with van der Waals surface area (Å²) >= 11 is 0. The van der Waals surface area contributed by atoms with Crippen molar-refractivity contribution >= 4 is 24.0 Å². The van der Waals surface area contributed by atoms with Crippen LogP contribution in [0.25, 0.3) is 11.8 Å². The van der Waals surface area contributed by atoms with Gasteiger partial charge in [-0.3, -0.25) is 10.1 Å². The number of rotatable bonds is 4. The fraction of sp³-hybridized carbons (Fsp3) is 0.211. The summed E-state index contributed by atoms with van der Waals surface area (Å²) < 4.78 is 7.00. The van der Waals surface area contributed by atoms with Gasteiger partial charge in [0.05, 0.1) is 12.2 Å². The third-order valence-corrected chi connectivity index (χ3v) is 4.13. The molecule has 134 valence electrons. The van der Waals surface area contributed by atoms with Crippen LogP contribution in [0.2, 0.25) is 0 Å². The first-order chi connectivity index (χ1) is 12.4. The molecule has 1 aliphatic heterocycles. The van der Waals surface area contributed by atoms with Crippen LogP contribution in [0.15, 0.2) is 36.0 Å². The van der Waals surface area contributed by atoms with Crippen molar-refractivity contribution in [2.75, 3.05) is 6.61 Å². The maximum atomic E-state index is 11.8. The molecule has 0 unspecified atom stereocenters. The van der Waals surface area contributed by atoms with Crippen LogP contribution < -0.4 is 10.6 Å². The fourth-order valence-electron chi connectivity index (χ4n) is 2.93. The minimum atomic E-state index is -0.524.